The van der Waals surface area contributed by atoms with Gasteiger partial charge in [0.1, 0.15) is 25.3 Å². The Balaban J connectivity index is 1.36. The van der Waals surface area contributed by atoms with E-state index in [4.69, 9.17) is 14.2 Å². The molecule has 0 unspecified atom stereocenters. The van der Waals surface area contributed by atoms with Gasteiger partial charge in [0.05, 0.1) is 0 Å². The molecule has 2 heterocycles. The van der Waals surface area contributed by atoms with Crippen LogP contribution in [0.5, 0.6) is 11.5 Å². The van der Waals surface area contributed by atoms with Crippen LogP contribution in [0.4, 0.5) is 4.79 Å². The number of ether oxygens (including phenoxy) is 3. The number of ketones is 1. The number of benzene rings is 2. The minimum absolute atomic E-state index is 0.295. The maximum atomic E-state index is 12.9. The number of fused-ring (bicyclic) bond motifs is 1. The van der Waals surface area contributed by atoms with E-state index >= 15 is 0 Å². The summed E-state index contributed by atoms with van der Waals surface area (Å²) in [6, 6.07) is 11.2. The third kappa shape index (κ3) is 4.01. The minimum atomic E-state index is -1.29. The van der Waals surface area contributed by atoms with Crippen LogP contribution in [0.25, 0.3) is 0 Å². The zero-order chi connectivity index (χ0) is 22.9. The predicted molar refractivity (Wildman–Crippen MR) is 111 cm³/mol. The third-order valence-electron chi connectivity index (χ3n) is 5.42. The van der Waals surface area contributed by atoms with Gasteiger partial charge in [0.25, 0.3) is 5.91 Å². The first-order valence-electron chi connectivity index (χ1n) is 10.1. The standard InChI is InChI=1S/C23H22N2O7/c1-14-3-6-16(7-4-14)23(2)21(28)25(22(29)24-23)12-20(27)32-13-17(26)15-5-8-18-19(11-15)31-10-9-30-18/h3-8,11H,9-10,12-13H2,1-2H3,(H,24,29)/t23-/m1/s1. The monoisotopic (exact) mass is 438 g/mol. The van der Waals surface area contributed by atoms with Crippen molar-refractivity contribution in [3.63, 3.8) is 0 Å². The third-order valence-corrected chi connectivity index (χ3v) is 5.42. The molecule has 0 aliphatic carbocycles. The summed E-state index contributed by atoms with van der Waals surface area (Å²) in [7, 11) is 0. The van der Waals surface area contributed by atoms with Crippen LogP contribution in [0.2, 0.25) is 0 Å². The number of aryl methyl sites for hydroxylation is 1. The van der Waals surface area contributed by atoms with Crippen molar-refractivity contribution in [3.05, 3.63) is 59.2 Å². The Hall–Kier alpha value is -3.88. The summed E-state index contributed by atoms with van der Waals surface area (Å²) < 4.78 is 15.9. The van der Waals surface area contributed by atoms with Gasteiger partial charge in [0.2, 0.25) is 0 Å². The molecule has 3 amide bonds. The lowest BCUT2D eigenvalue weighted by atomic mass is 9.91. The number of carbonyl (C=O) groups excluding carboxylic acids is 4. The second-order valence-corrected chi connectivity index (χ2v) is 7.75. The molecule has 0 bridgehead atoms. The molecule has 32 heavy (non-hydrogen) atoms. The number of rotatable bonds is 6. The Morgan fingerprint density at radius 3 is 2.47 bits per heavy atom. The topological polar surface area (TPSA) is 111 Å². The molecule has 1 saturated heterocycles. The highest BCUT2D eigenvalue weighted by Crippen LogP contribution is 2.31. The molecule has 1 fully saturated rings. The van der Waals surface area contributed by atoms with E-state index < -0.39 is 42.4 Å². The highest BCUT2D eigenvalue weighted by molar-refractivity contribution is 6.09. The Morgan fingerprint density at radius 1 is 1.06 bits per heavy atom. The van der Waals surface area contributed by atoms with Crippen molar-refractivity contribution in [1.29, 1.82) is 0 Å². The van der Waals surface area contributed by atoms with Crippen molar-refractivity contribution in [3.8, 4) is 11.5 Å². The molecule has 2 aromatic rings. The van der Waals surface area contributed by atoms with E-state index in [2.05, 4.69) is 5.32 Å². The molecule has 166 valence electrons. The first-order chi connectivity index (χ1) is 15.3. The van der Waals surface area contributed by atoms with Gasteiger partial charge in [0.15, 0.2) is 23.9 Å². The molecular weight excluding hydrogens is 416 g/mol. The summed E-state index contributed by atoms with van der Waals surface area (Å²) in [5.41, 5.74) is 0.624. The number of carbonyl (C=O) groups is 4. The van der Waals surface area contributed by atoms with Gasteiger partial charge in [0, 0.05) is 5.56 Å². The van der Waals surface area contributed by atoms with Gasteiger partial charge in [-0.25, -0.2) is 4.79 Å². The van der Waals surface area contributed by atoms with Crippen molar-refractivity contribution >= 4 is 23.7 Å². The number of nitrogens with zero attached hydrogens (tertiary/aromatic N) is 1. The maximum Gasteiger partial charge on any atom is 0.326 e. The first-order valence-corrected chi connectivity index (χ1v) is 10.1. The largest absolute Gasteiger partial charge is 0.486 e. The van der Waals surface area contributed by atoms with Crippen molar-refractivity contribution in [2.45, 2.75) is 19.4 Å². The van der Waals surface area contributed by atoms with Gasteiger partial charge < -0.3 is 19.5 Å². The number of amides is 3. The van der Waals surface area contributed by atoms with Crippen LogP contribution in [0.3, 0.4) is 0 Å². The SMILES string of the molecule is Cc1ccc([C@@]2(C)NC(=O)N(CC(=O)OCC(=O)c3ccc4c(c3)OCCO4)C2=O)cc1. The summed E-state index contributed by atoms with van der Waals surface area (Å²) >= 11 is 0. The highest BCUT2D eigenvalue weighted by atomic mass is 16.6. The van der Waals surface area contributed by atoms with E-state index in [0.29, 0.717) is 35.8 Å². The second kappa shape index (κ2) is 8.33. The fourth-order valence-corrected chi connectivity index (χ4v) is 3.54. The van der Waals surface area contributed by atoms with E-state index in [-0.39, 0.29) is 0 Å². The number of urea groups is 1. The maximum absolute atomic E-state index is 12.9. The molecule has 4 rings (SSSR count). The lowest BCUT2D eigenvalue weighted by molar-refractivity contribution is -0.146. The van der Waals surface area contributed by atoms with Gasteiger partial charge >= 0.3 is 12.0 Å². The van der Waals surface area contributed by atoms with E-state index in [1.165, 1.54) is 6.07 Å². The van der Waals surface area contributed by atoms with Crippen LogP contribution >= 0.6 is 0 Å². The lowest BCUT2D eigenvalue weighted by Crippen LogP contribution is -2.41. The van der Waals surface area contributed by atoms with E-state index in [9.17, 15) is 19.2 Å². The molecule has 0 aromatic heterocycles. The molecule has 0 radical (unpaired) electrons. The molecular formula is C23H22N2O7. The van der Waals surface area contributed by atoms with Crippen molar-refractivity contribution in [1.82, 2.24) is 10.2 Å². The minimum Gasteiger partial charge on any atom is -0.486 e. The fraction of sp³-hybridized carbons (Fsp3) is 0.304. The van der Waals surface area contributed by atoms with Crippen molar-refractivity contribution in [2.24, 2.45) is 0 Å². The smallest absolute Gasteiger partial charge is 0.326 e. The Morgan fingerprint density at radius 2 is 1.75 bits per heavy atom. The summed E-state index contributed by atoms with van der Waals surface area (Å²) in [5, 5.41) is 2.63. The average Bonchev–Trinajstić information content (AvgIpc) is 3.01. The number of esters is 1. The number of hydrogen-bond donors (Lipinski definition) is 1. The highest BCUT2D eigenvalue weighted by Gasteiger charge is 2.49. The van der Waals surface area contributed by atoms with Crippen LogP contribution < -0.4 is 14.8 Å². The molecule has 9 heteroatoms. The van der Waals surface area contributed by atoms with Crippen LogP contribution in [-0.2, 0) is 19.9 Å². The van der Waals surface area contributed by atoms with Crippen LogP contribution in [0.15, 0.2) is 42.5 Å². The molecule has 2 aliphatic rings. The number of nitrogens with one attached hydrogen (secondary N) is 1. The number of imide groups is 1. The summed E-state index contributed by atoms with van der Waals surface area (Å²) in [6.45, 7) is 3.18. The van der Waals surface area contributed by atoms with E-state index in [1.807, 2.05) is 19.1 Å². The predicted octanol–water partition coefficient (Wildman–Crippen LogP) is 1.96. The van der Waals surface area contributed by atoms with Gasteiger partial charge in [-0.05, 0) is 37.6 Å². The molecule has 2 aliphatic heterocycles. The van der Waals surface area contributed by atoms with Crippen LogP contribution in [-0.4, -0.2) is 55.0 Å². The second-order valence-electron chi connectivity index (χ2n) is 7.75. The molecule has 9 nitrogen and oxygen atoms in total. The van der Waals surface area contributed by atoms with Crippen LogP contribution in [0, 0.1) is 6.92 Å². The summed E-state index contributed by atoms with van der Waals surface area (Å²) in [6.07, 6.45) is 0. The summed E-state index contributed by atoms with van der Waals surface area (Å²) in [5.74, 6) is -0.894. The van der Waals surface area contributed by atoms with Gasteiger partial charge in [-0.15, -0.1) is 0 Å². The van der Waals surface area contributed by atoms with Crippen LogP contribution in [0.1, 0.15) is 28.4 Å². The van der Waals surface area contributed by atoms with Gasteiger partial charge in [-0.3, -0.25) is 19.3 Å². The molecule has 0 spiro atoms. The number of Topliss-reactive ketones (excluding diaryl/α,β-unsaturated/α-hetero) is 1. The Kier molecular flexibility index (Phi) is 5.56. The quantitative estimate of drug-likeness (QED) is 0.417. The normalized spacial score (nSPS) is 19.5. The average molecular weight is 438 g/mol. The molecule has 0 saturated carbocycles. The first kappa shape index (κ1) is 21.4. The lowest BCUT2D eigenvalue weighted by Gasteiger charge is -2.22. The zero-order valence-electron chi connectivity index (χ0n) is 17.7. The van der Waals surface area contributed by atoms with Crippen molar-refractivity contribution in [2.75, 3.05) is 26.4 Å². The molecule has 1 atom stereocenters. The zero-order valence-corrected chi connectivity index (χ0v) is 17.7. The molecule has 2 aromatic carbocycles. The Bertz CT molecular complexity index is 1100. The Labute approximate surface area is 184 Å². The fourth-order valence-electron chi connectivity index (χ4n) is 3.54. The van der Waals surface area contributed by atoms with Crippen molar-refractivity contribution < 1.29 is 33.4 Å². The van der Waals surface area contributed by atoms with Gasteiger partial charge in [-0.2, -0.15) is 0 Å². The van der Waals surface area contributed by atoms with Gasteiger partial charge in [-0.1, -0.05) is 29.8 Å². The molecule has 1 N–H and O–H groups in total. The summed E-state index contributed by atoms with van der Waals surface area (Å²) in [4.78, 5) is 50.7. The van der Waals surface area contributed by atoms with E-state index in [1.54, 1.807) is 31.2 Å². The number of hydrogen-bond acceptors (Lipinski definition) is 7. The van der Waals surface area contributed by atoms with E-state index in [0.717, 1.165) is 10.5 Å².